The van der Waals surface area contributed by atoms with Crippen molar-refractivity contribution in [3.05, 3.63) is 106 Å². The molecule has 0 radical (unpaired) electrons. The van der Waals surface area contributed by atoms with Gasteiger partial charge in [0.1, 0.15) is 0 Å². The van der Waals surface area contributed by atoms with Crippen molar-refractivity contribution in [1.82, 2.24) is 4.90 Å². The smallest absolute Gasteiger partial charge is 0.0161 e. The summed E-state index contributed by atoms with van der Waals surface area (Å²) in [6, 6.07) is 27.9. The summed E-state index contributed by atoms with van der Waals surface area (Å²) >= 11 is 0. The predicted molar refractivity (Wildman–Crippen MR) is 131 cm³/mol. The van der Waals surface area contributed by atoms with Gasteiger partial charge in [0.25, 0.3) is 0 Å². The van der Waals surface area contributed by atoms with Crippen LogP contribution in [0.1, 0.15) is 70.9 Å². The molecule has 0 amide bonds. The number of fused-ring (bicyclic) bond motifs is 1. The van der Waals surface area contributed by atoms with Gasteiger partial charge in [-0.25, -0.2) is 0 Å². The number of hydrogen-bond donors (Lipinski definition) is 0. The van der Waals surface area contributed by atoms with Gasteiger partial charge in [-0.15, -0.1) is 0 Å². The van der Waals surface area contributed by atoms with Crippen molar-refractivity contribution in [2.24, 2.45) is 0 Å². The molecule has 0 N–H and O–H groups in total. The maximum atomic E-state index is 2.62. The van der Waals surface area contributed by atoms with Gasteiger partial charge in [-0.3, -0.25) is 0 Å². The van der Waals surface area contributed by atoms with Gasteiger partial charge in [-0.05, 0) is 98.8 Å². The minimum atomic E-state index is 0.449. The van der Waals surface area contributed by atoms with Gasteiger partial charge in [0.2, 0.25) is 0 Å². The minimum Gasteiger partial charge on any atom is -0.303 e. The van der Waals surface area contributed by atoms with E-state index >= 15 is 0 Å². The Morgan fingerprint density at radius 3 is 2.39 bits per heavy atom. The van der Waals surface area contributed by atoms with Crippen molar-refractivity contribution < 1.29 is 0 Å². The summed E-state index contributed by atoms with van der Waals surface area (Å²) in [5.74, 6) is 1.00. The zero-order chi connectivity index (χ0) is 21.0. The van der Waals surface area contributed by atoms with Gasteiger partial charge in [0, 0.05) is 5.92 Å². The summed E-state index contributed by atoms with van der Waals surface area (Å²) in [5.41, 5.74) is 8.90. The molecule has 0 aromatic heterocycles. The molecule has 0 spiro atoms. The molecule has 1 fully saturated rings. The summed E-state index contributed by atoms with van der Waals surface area (Å²) in [5, 5.41) is 0. The summed E-state index contributed by atoms with van der Waals surface area (Å²) in [6.07, 6.45) is 7.65. The maximum absolute atomic E-state index is 2.62. The Kier molecular flexibility index (Phi) is 6.22. The van der Waals surface area contributed by atoms with Crippen LogP contribution in [0.15, 0.2) is 72.8 Å². The highest BCUT2D eigenvalue weighted by atomic mass is 15.1. The molecule has 1 aliphatic heterocycles. The molecule has 2 unspecified atom stereocenters. The molecule has 1 nitrogen and oxygen atoms in total. The molecule has 1 heterocycles. The van der Waals surface area contributed by atoms with Crippen molar-refractivity contribution in [3.63, 3.8) is 0 Å². The Hall–Kier alpha value is -2.38. The molecule has 0 saturated carbocycles. The fraction of sp³-hybridized carbons (Fsp3) is 0.400. The van der Waals surface area contributed by atoms with Crippen LogP contribution in [0.2, 0.25) is 0 Å². The average molecular weight is 410 g/mol. The van der Waals surface area contributed by atoms with Crippen molar-refractivity contribution >= 4 is 0 Å². The van der Waals surface area contributed by atoms with Gasteiger partial charge in [0.05, 0.1) is 0 Å². The lowest BCUT2D eigenvalue weighted by Gasteiger charge is -2.35. The Bertz CT molecular complexity index is 983. The number of nitrogens with zero attached hydrogens (tertiary/aromatic N) is 1. The van der Waals surface area contributed by atoms with Gasteiger partial charge in [0.15, 0.2) is 0 Å². The first-order chi connectivity index (χ1) is 15.3. The summed E-state index contributed by atoms with van der Waals surface area (Å²) in [6.45, 7) is 6.09. The number of hydrogen-bond acceptors (Lipinski definition) is 1. The van der Waals surface area contributed by atoms with Gasteiger partial charge in [-0.1, -0.05) is 78.4 Å². The van der Waals surface area contributed by atoms with Crippen LogP contribution >= 0.6 is 0 Å². The number of rotatable bonds is 6. The van der Waals surface area contributed by atoms with E-state index in [0.29, 0.717) is 11.8 Å². The SMILES string of the molecule is Cc1ccc2c(c1)CCC(c1ccccc1)C2c1ccc(CCCN2CCCC2)cc1. The molecule has 0 bridgehead atoms. The first kappa shape index (κ1) is 20.5. The zero-order valence-corrected chi connectivity index (χ0v) is 18.9. The van der Waals surface area contributed by atoms with E-state index in [1.54, 1.807) is 5.56 Å². The monoisotopic (exact) mass is 409 g/mol. The Morgan fingerprint density at radius 1 is 0.839 bits per heavy atom. The molecule has 160 valence electrons. The second kappa shape index (κ2) is 9.40. The Morgan fingerprint density at radius 2 is 1.61 bits per heavy atom. The van der Waals surface area contributed by atoms with Crippen LogP contribution in [0.5, 0.6) is 0 Å². The maximum Gasteiger partial charge on any atom is 0.0161 e. The molecule has 3 aromatic carbocycles. The molecular formula is C30H35N. The van der Waals surface area contributed by atoms with E-state index in [0.717, 1.165) is 0 Å². The largest absolute Gasteiger partial charge is 0.303 e. The lowest BCUT2D eigenvalue weighted by molar-refractivity contribution is 0.334. The van der Waals surface area contributed by atoms with E-state index < -0.39 is 0 Å². The van der Waals surface area contributed by atoms with Crippen LogP contribution < -0.4 is 0 Å². The van der Waals surface area contributed by atoms with Crippen LogP contribution in [-0.2, 0) is 12.8 Å². The quantitative estimate of drug-likeness (QED) is 0.429. The molecular weight excluding hydrogens is 374 g/mol. The summed E-state index contributed by atoms with van der Waals surface area (Å²) in [4.78, 5) is 2.62. The number of aryl methyl sites for hydroxylation is 3. The average Bonchev–Trinajstić information content (AvgIpc) is 3.33. The van der Waals surface area contributed by atoms with E-state index in [1.807, 2.05) is 0 Å². The zero-order valence-electron chi connectivity index (χ0n) is 18.9. The van der Waals surface area contributed by atoms with E-state index in [1.165, 1.54) is 86.0 Å². The third kappa shape index (κ3) is 4.62. The van der Waals surface area contributed by atoms with Crippen molar-refractivity contribution in [2.75, 3.05) is 19.6 Å². The van der Waals surface area contributed by atoms with Crippen LogP contribution in [0.4, 0.5) is 0 Å². The minimum absolute atomic E-state index is 0.449. The highest BCUT2D eigenvalue weighted by Gasteiger charge is 2.31. The summed E-state index contributed by atoms with van der Waals surface area (Å²) < 4.78 is 0. The highest BCUT2D eigenvalue weighted by Crippen LogP contribution is 2.46. The topological polar surface area (TPSA) is 3.24 Å². The Labute approximate surface area is 188 Å². The van der Waals surface area contributed by atoms with Crippen molar-refractivity contribution in [1.29, 1.82) is 0 Å². The van der Waals surface area contributed by atoms with Crippen LogP contribution in [0.3, 0.4) is 0 Å². The van der Waals surface area contributed by atoms with E-state index in [9.17, 15) is 0 Å². The molecule has 1 aliphatic carbocycles. The van der Waals surface area contributed by atoms with Gasteiger partial charge < -0.3 is 4.90 Å². The normalized spacial score (nSPS) is 21.2. The van der Waals surface area contributed by atoms with Gasteiger partial charge in [-0.2, -0.15) is 0 Å². The second-order valence-electron chi connectivity index (χ2n) is 9.63. The van der Waals surface area contributed by atoms with Crippen molar-refractivity contribution in [3.8, 4) is 0 Å². The molecule has 5 rings (SSSR count). The van der Waals surface area contributed by atoms with E-state index in [-0.39, 0.29) is 0 Å². The fourth-order valence-electron chi connectivity index (χ4n) is 5.82. The predicted octanol–water partition coefficient (Wildman–Crippen LogP) is 6.89. The lowest BCUT2D eigenvalue weighted by Crippen LogP contribution is -2.21. The van der Waals surface area contributed by atoms with Crippen LogP contribution in [-0.4, -0.2) is 24.5 Å². The summed E-state index contributed by atoms with van der Waals surface area (Å²) in [7, 11) is 0. The first-order valence-corrected chi connectivity index (χ1v) is 12.2. The van der Waals surface area contributed by atoms with Gasteiger partial charge >= 0.3 is 0 Å². The molecule has 3 aromatic rings. The molecule has 2 atom stereocenters. The van der Waals surface area contributed by atoms with Crippen LogP contribution in [0.25, 0.3) is 0 Å². The molecule has 1 saturated heterocycles. The number of benzene rings is 3. The second-order valence-corrected chi connectivity index (χ2v) is 9.63. The third-order valence-electron chi connectivity index (χ3n) is 7.47. The number of likely N-dealkylation sites (tertiary alicyclic amines) is 1. The highest BCUT2D eigenvalue weighted by molar-refractivity contribution is 5.46. The Balaban J connectivity index is 1.38. The lowest BCUT2D eigenvalue weighted by atomic mass is 9.69. The van der Waals surface area contributed by atoms with E-state index in [4.69, 9.17) is 0 Å². The van der Waals surface area contributed by atoms with Crippen LogP contribution in [0, 0.1) is 6.92 Å². The standard InChI is InChI=1S/C30H35N/c1-23-11-17-29-27(22-23)16-18-28(25-9-3-2-4-10-25)30(29)26-14-12-24(13-15-26)8-7-21-31-19-5-6-20-31/h2-4,9-15,17,22,28,30H,5-8,16,18-21H2,1H3. The third-order valence-corrected chi connectivity index (χ3v) is 7.47. The van der Waals surface area contributed by atoms with E-state index in [2.05, 4.69) is 84.6 Å². The first-order valence-electron chi connectivity index (χ1n) is 12.2. The molecule has 1 heteroatoms. The molecule has 31 heavy (non-hydrogen) atoms. The van der Waals surface area contributed by atoms with Crippen molar-refractivity contribution in [2.45, 2.75) is 57.3 Å². The molecule has 2 aliphatic rings. The fourth-order valence-corrected chi connectivity index (χ4v) is 5.82.